The Hall–Kier alpha value is -1.99. The maximum absolute atomic E-state index is 11.8. The van der Waals surface area contributed by atoms with Crippen LogP contribution >= 0.6 is 22.9 Å². The van der Waals surface area contributed by atoms with Gasteiger partial charge in [0.2, 0.25) is 9.47 Å². The van der Waals surface area contributed by atoms with E-state index in [1.165, 1.54) is 0 Å². The molecule has 19 heavy (non-hydrogen) atoms. The number of nitrogens with zero attached hydrogens (tertiary/aromatic N) is 2. The summed E-state index contributed by atoms with van der Waals surface area (Å²) in [5, 5.41) is 12.5. The van der Waals surface area contributed by atoms with Crippen LogP contribution in [0.1, 0.15) is 20.2 Å². The van der Waals surface area contributed by atoms with Crippen LogP contribution in [0.4, 0.5) is 5.69 Å². The van der Waals surface area contributed by atoms with Crippen LogP contribution in [-0.2, 0) is 0 Å². The smallest absolute Gasteiger partial charge is 0.286 e. The molecule has 98 valence electrons. The van der Waals surface area contributed by atoms with Crippen LogP contribution in [0.15, 0.2) is 24.3 Å². The second-order valence-electron chi connectivity index (χ2n) is 3.47. The lowest BCUT2D eigenvalue weighted by Gasteiger charge is -2.04. The van der Waals surface area contributed by atoms with Crippen LogP contribution in [0.5, 0.6) is 0 Å². The third-order valence-electron chi connectivity index (χ3n) is 2.23. The van der Waals surface area contributed by atoms with Gasteiger partial charge >= 0.3 is 0 Å². The fourth-order valence-electron chi connectivity index (χ4n) is 1.33. The van der Waals surface area contributed by atoms with Crippen molar-refractivity contribution in [3.8, 4) is 0 Å². The number of aromatic nitrogens is 2. The fourth-order valence-corrected chi connectivity index (χ4v) is 2.05. The number of hydrogen-bond acceptors (Lipinski definition) is 5. The summed E-state index contributed by atoms with van der Waals surface area (Å²) in [6.07, 6.45) is 0. The van der Waals surface area contributed by atoms with Gasteiger partial charge in [0.15, 0.2) is 0 Å². The third kappa shape index (κ3) is 3.27. The molecule has 0 saturated heterocycles. The highest BCUT2D eigenvalue weighted by molar-refractivity contribution is 7.17. The summed E-state index contributed by atoms with van der Waals surface area (Å²) < 4.78 is 0.208. The number of carbonyl (C=O) groups is 2. The highest BCUT2D eigenvalue weighted by atomic mass is 35.5. The zero-order valence-electron chi connectivity index (χ0n) is 9.81. The Bertz CT molecular complexity index is 611. The first-order valence-corrected chi connectivity index (χ1v) is 6.42. The van der Waals surface area contributed by atoms with Crippen molar-refractivity contribution >= 4 is 40.4 Å². The number of halogens is 1. The van der Waals surface area contributed by atoms with E-state index in [0.29, 0.717) is 11.3 Å². The lowest BCUT2D eigenvalue weighted by molar-refractivity contribution is 0.0962. The Labute approximate surface area is 117 Å². The maximum Gasteiger partial charge on any atom is 0.286 e. The lowest BCUT2D eigenvalue weighted by atomic mass is 10.2. The van der Waals surface area contributed by atoms with Gasteiger partial charge in [-0.15, -0.1) is 10.2 Å². The molecule has 1 aromatic carbocycles. The lowest BCUT2D eigenvalue weighted by Crippen LogP contribution is -2.17. The molecular weight excluding hydrogens is 288 g/mol. The van der Waals surface area contributed by atoms with Gasteiger partial charge < -0.3 is 10.6 Å². The predicted octanol–water partition coefficient (Wildman–Crippen LogP) is 1.80. The van der Waals surface area contributed by atoms with Gasteiger partial charge in [-0.2, -0.15) is 0 Å². The third-order valence-corrected chi connectivity index (χ3v) is 3.24. The van der Waals surface area contributed by atoms with Crippen molar-refractivity contribution in [1.82, 2.24) is 15.5 Å². The molecule has 2 aromatic rings. The molecule has 0 spiro atoms. The molecule has 0 aliphatic heterocycles. The first-order valence-electron chi connectivity index (χ1n) is 5.22. The molecule has 0 unspecified atom stereocenters. The van der Waals surface area contributed by atoms with E-state index in [4.69, 9.17) is 11.6 Å². The number of anilines is 1. The minimum absolute atomic E-state index is 0.181. The summed E-state index contributed by atoms with van der Waals surface area (Å²) in [7, 11) is 1.55. The first kappa shape index (κ1) is 13.4. The van der Waals surface area contributed by atoms with Crippen molar-refractivity contribution in [2.45, 2.75) is 0 Å². The Morgan fingerprint density at radius 3 is 2.37 bits per heavy atom. The number of nitrogens with one attached hydrogen (secondary N) is 2. The number of rotatable bonds is 3. The molecule has 8 heteroatoms. The van der Waals surface area contributed by atoms with Gasteiger partial charge in [0.05, 0.1) is 0 Å². The quantitative estimate of drug-likeness (QED) is 0.904. The highest BCUT2D eigenvalue weighted by Crippen LogP contribution is 2.17. The second kappa shape index (κ2) is 5.77. The number of amides is 2. The number of hydrogen-bond donors (Lipinski definition) is 2. The van der Waals surface area contributed by atoms with E-state index in [0.717, 1.165) is 11.3 Å². The number of carbonyl (C=O) groups excluding carboxylic acids is 2. The Morgan fingerprint density at radius 1 is 1.16 bits per heavy atom. The topological polar surface area (TPSA) is 84.0 Å². The first-order chi connectivity index (χ1) is 9.10. The van der Waals surface area contributed by atoms with Gasteiger partial charge in [-0.1, -0.05) is 11.3 Å². The molecule has 0 aliphatic rings. The van der Waals surface area contributed by atoms with Crippen molar-refractivity contribution < 1.29 is 9.59 Å². The molecule has 2 rings (SSSR count). The number of benzene rings is 1. The normalized spacial score (nSPS) is 10.0. The van der Waals surface area contributed by atoms with Crippen molar-refractivity contribution in [2.75, 3.05) is 12.4 Å². The van der Waals surface area contributed by atoms with Crippen molar-refractivity contribution in [1.29, 1.82) is 0 Å². The minimum Gasteiger partial charge on any atom is -0.355 e. The van der Waals surface area contributed by atoms with Crippen LogP contribution in [0.3, 0.4) is 0 Å². The molecule has 0 bridgehead atoms. The summed E-state index contributed by atoms with van der Waals surface area (Å²) in [6.45, 7) is 0. The monoisotopic (exact) mass is 296 g/mol. The second-order valence-corrected chi connectivity index (χ2v) is 5.03. The summed E-state index contributed by atoms with van der Waals surface area (Å²) in [5.74, 6) is -0.578. The molecule has 2 amide bonds. The molecule has 0 fully saturated rings. The van der Waals surface area contributed by atoms with E-state index in [2.05, 4.69) is 20.8 Å². The SMILES string of the molecule is CNC(=O)c1ccc(NC(=O)c2nnc(Cl)s2)cc1. The molecule has 1 aromatic heterocycles. The van der Waals surface area contributed by atoms with Gasteiger partial charge in [-0.3, -0.25) is 9.59 Å². The Balaban J connectivity index is 2.07. The van der Waals surface area contributed by atoms with Crippen LogP contribution in [-0.4, -0.2) is 29.1 Å². The summed E-state index contributed by atoms with van der Waals surface area (Å²) in [4.78, 5) is 23.1. The maximum atomic E-state index is 11.8. The molecule has 6 nitrogen and oxygen atoms in total. The largest absolute Gasteiger partial charge is 0.355 e. The van der Waals surface area contributed by atoms with Crippen LogP contribution in [0.2, 0.25) is 4.47 Å². The Kier molecular flexibility index (Phi) is 4.08. The van der Waals surface area contributed by atoms with Gasteiger partial charge in [-0.25, -0.2) is 0 Å². The average Bonchev–Trinajstić information content (AvgIpc) is 2.85. The molecular formula is C11H9ClN4O2S. The molecule has 1 heterocycles. The molecule has 2 N–H and O–H groups in total. The summed E-state index contributed by atoms with van der Waals surface area (Å²) in [5.41, 5.74) is 1.07. The van der Waals surface area contributed by atoms with Gasteiger partial charge in [0, 0.05) is 18.3 Å². The van der Waals surface area contributed by atoms with Crippen LogP contribution < -0.4 is 10.6 Å². The van der Waals surface area contributed by atoms with Crippen LogP contribution in [0, 0.1) is 0 Å². The highest BCUT2D eigenvalue weighted by Gasteiger charge is 2.12. The van der Waals surface area contributed by atoms with Crippen molar-refractivity contribution in [3.05, 3.63) is 39.3 Å². The average molecular weight is 297 g/mol. The van der Waals surface area contributed by atoms with E-state index in [1.54, 1.807) is 31.3 Å². The van der Waals surface area contributed by atoms with E-state index in [1.807, 2.05) is 0 Å². The Morgan fingerprint density at radius 2 is 1.84 bits per heavy atom. The fraction of sp³-hybridized carbons (Fsp3) is 0.0909. The molecule has 0 aliphatic carbocycles. The predicted molar refractivity (Wildman–Crippen MR) is 72.7 cm³/mol. The van der Waals surface area contributed by atoms with Gasteiger partial charge in [0.1, 0.15) is 0 Å². The molecule has 0 radical (unpaired) electrons. The molecule has 0 saturated carbocycles. The summed E-state index contributed by atoms with van der Waals surface area (Å²) in [6, 6.07) is 6.49. The van der Waals surface area contributed by atoms with E-state index < -0.39 is 5.91 Å². The minimum atomic E-state index is -0.392. The summed E-state index contributed by atoms with van der Waals surface area (Å²) >= 11 is 6.59. The van der Waals surface area contributed by atoms with Crippen LogP contribution in [0.25, 0.3) is 0 Å². The van der Waals surface area contributed by atoms with E-state index >= 15 is 0 Å². The van der Waals surface area contributed by atoms with Gasteiger partial charge in [-0.05, 0) is 35.9 Å². The zero-order chi connectivity index (χ0) is 13.8. The standard InChI is InChI=1S/C11H9ClN4O2S/c1-13-8(17)6-2-4-7(5-3-6)14-9(18)10-15-16-11(12)19-10/h2-5H,1H3,(H,13,17)(H,14,18). The van der Waals surface area contributed by atoms with Gasteiger partial charge in [0.25, 0.3) is 11.8 Å². The van der Waals surface area contributed by atoms with Crippen molar-refractivity contribution in [3.63, 3.8) is 0 Å². The zero-order valence-corrected chi connectivity index (χ0v) is 11.4. The van der Waals surface area contributed by atoms with Crippen molar-refractivity contribution in [2.24, 2.45) is 0 Å². The van der Waals surface area contributed by atoms with E-state index in [-0.39, 0.29) is 15.4 Å². The van der Waals surface area contributed by atoms with E-state index in [9.17, 15) is 9.59 Å². The molecule has 0 atom stereocenters.